The number of halogens is 2. The van der Waals surface area contributed by atoms with E-state index >= 15 is 0 Å². The van der Waals surface area contributed by atoms with Crippen molar-refractivity contribution in [1.29, 1.82) is 0 Å². The lowest BCUT2D eigenvalue weighted by Gasteiger charge is -2.24. The Hall–Kier alpha value is -3.62. The Balaban J connectivity index is 1.84. The Labute approximate surface area is 225 Å². The molecule has 0 N–H and O–H groups in total. The highest BCUT2D eigenvalue weighted by Crippen LogP contribution is 2.43. The summed E-state index contributed by atoms with van der Waals surface area (Å²) >= 11 is 13.2. The average molecular weight is 545 g/mol. The monoisotopic (exact) mass is 544 g/mol. The predicted octanol–water partition coefficient (Wildman–Crippen LogP) is 6.03. The van der Waals surface area contributed by atoms with Crippen molar-refractivity contribution >= 4 is 34.8 Å². The highest BCUT2D eigenvalue weighted by molar-refractivity contribution is 6.36. The highest BCUT2D eigenvalue weighted by atomic mass is 35.5. The predicted molar refractivity (Wildman–Crippen MR) is 142 cm³/mol. The topological polar surface area (TPSA) is 78.8 Å². The molecular weight excluding hydrogens is 519 g/mol. The number of nitrogens with zero attached hydrogens (tertiary/aromatic N) is 2. The summed E-state index contributed by atoms with van der Waals surface area (Å²) in [4.78, 5) is 13.9. The van der Waals surface area contributed by atoms with E-state index in [9.17, 15) is 4.79 Å². The number of carbonyl (C=O) groups excluding carboxylic acids is 1. The van der Waals surface area contributed by atoms with Gasteiger partial charge in [0.1, 0.15) is 0 Å². The molecule has 0 aliphatic carbocycles. The van der Waals surface area contributed by atoms with E-state index in [0.717, 1.165) is 5.56 Å². The highest BCUT2D eigenvalue weighted by Gasteiger charge is 2.37. The molecule has 10 heteroatoms. The van der Waals surface area contributed by atoms with Crippen LogP contribution in [0.1, 0.15) is 33.9 Å². The number of rotatable bonds is 8. The van der Waals surface area contributed by atoms with Gasteiger partial charge >= 0.3 is 0 Å². The van der Waals surface area contributed by atoms with Crippen molar-refractivity contribution in [3.63, 3.8) is 0 Å². The SMILES string of the molecule is COc1ccc(C2=NN(C(=O)c3cc(OC)c(OC)c(OC)c3)C(c3c(Cl)cccc3Cl)C2)cc1OC. The molecule has 4 rings (SSSR count). The van der Waals surface area contributed by atoms with Gasteiger partial charge in [0, 0.05) is 33.2 Å². The fourth-order valence-corrected chi connectivity index (χ4v) is 4.93. The molecule has 8 nitrogen and oxygen atoms in total. The van der Waals surface area contributed by atoms with E-state index in [2.05, 4.69) is 0 Å². The van der Waals surface area contributed by atoms with Crippen LogP contribution in [0.25, 0.3) is 0 Å². The van der Waals surface area contributed by atoms with Gasteiger partial charge in [-0.2, -0.15) is 5.10 Å². The summed E-state index contributed by atoms with van der Waals surface area (Å²) in [5.74, 6) is 1.81. The van der Waals surface area contributed by atoms with Gasteiger partial charge in [0.15, 0.2) is 23.0 Å². The Morgan fingerprint density at radius 3 is 1.95 bits per heavy atom. The second kappa shape index (κ2) is 11.2. The second-order valence-electron chi connectivity index (χ2n) is 8.04. The van der Waals surface area contributed by atoms with Crippen LogP contribution in [0.5, 0.6) is 28.7 Å². The number of carbonyl (C=O) groups is 1. The number of hydrogen-bond acceptors (Lipinski definition) is 7. The Kier molecular flexibility index (Phi) is 8.00. The van der Waals surface area contributed by atoms with Crippen molar-refractivity contribution in [3.8, 4) is 28.7 Å². The molecule has 3 aromatic carbocycles. The van der Waals surface area contributed by atoms with Crippen molar-refractivity contribution in [2.24, 2.45) is 5.10 Å². The van der Waals surface area contributed by atoms with Gasteiger partial charge < -0.3 is 23.7 Å². The lowest BCUT2D eigenvalue weighted by molar-refractivity contribution is 0.0710. The first kappa shape index (κ1) is 26.4. The third kappa shape index (κ3) is 4.99. The first-order valence-corrected chi connectivity index (χ1v) is 12.0. The van der Waals surface area contributed by atoms with Gasteiger partial charge in [-0.15, -0.1) is 0 Å². The third-order valence-corrected chi connectivity index (χ3v) is 6.74. The zero-order valence-electron chi connectivity index (χ0n) is 21.0. The molecule has 0 fully saturated rings. The Bertz CT molecular complexity index is 1320. The standard InChI is InChI=1S/C27H26Cl2N2O6/c1-33-21-10-9-15(11-22(21)34-2)19-14-20(25-17(28)7-6-8-18(25)29)31(30-19)27(32)16-12-23(35-3)26(37-5)24(13-16)36-4/h6-13,20H,14H2,1-5H3. The Morgan fingerprint density at radius 1 is 0.811 bits per heavy atom. The van der Waals surface area contributed by atoms with Crippen LogP contribution in [-0.2, 0) is 0 Å². The molecule has 1 aliphatic rings. The van der Waals surface area contributed by atoms with E-state index < -0.39 is 11.9 Å². The lowest BCUT2D eigenvalue weighted by atomic mass is 9.97. The van der Waals surface area contributed by atoms with E-state index in [1.807, 2.05) is 12.1 Å². The molecule has 1 aliphatic heterocycles. The van der Waals surface area contributed by atoms with Crippen LogP contribution >= 0.6 is 23.2 Å². The molecule has 3 aromatic rings. The molecule has 0 saturated heterocycles. The number of hydrogen-bond donors (Lipinski definition) is 0. The van der Waals surface area contributed by atoms with Crippen LogP contribution in [-0.4, -0.2) is 52.2 Å². The maximum Gasteiger partial charge on any atom is 0.274 e. The molecule has 0 aromatic heterocycles. The normalized spacial score (nSPS) is 14.7. The molecule has 1 heterocycles. The summed E-state index contributed by atoms with van der Waals surface area (Å²) in [7, 11) is 7.60. The molecule has 0 radical (unpaired) electrons. The summed E-state index contributed by atoms with van der Waals surface area (Å²) in [6, 6.07) is 13.3. The van der Waals surface area contributed by atoms with Gasteiger partial charge in [0.05, 0.1) is 47.3 Å². The van der Waals surface area contributed by atoms with Crippen molar-refractivity contribution in [2.45, 2.75) is 12.5 Å². The van der Waals surface area contributed by atoms with Gasteiger partial charge in [-0.1, -0.05) is 29.3 Å². The van der Waals surface area contributed by atoms with Gasteiger partial charge in [-0.3, -0.25) is 4.79 Å². The van der Waals surface area contributed by atoms with Crippen molar-refractivity contribution < 1.29 is 28.5 Å². The van der Waals surface area contributed by atoms with Gasteiger partial charge in [-0.25, -0.2) is 5.01 Å². The van der Waals surface area contributed by atoms with Crippen LogP contribution in [0.15, 0.2) is 53.6 Å². The van der Waals surface area contributed by atoms with E-state index in [0.29, 0.717) is 62.1 Å². The molecule has 1 unspecified atom stereocenters. The van der Waals surface area contributed by atoms with E-state index in [-0.39, 0.29) is 0 Å². The molecular formula is C27H26Cl2N2O6. The van der Waals surface area contributed by atoms with E-state index in [1.54, 1.807) is 50.6 Å². The largest absolute Gasteiger partial charge is 0.493 e. The van der Waals surface area contributed by atoms with E-state index in [1.165, 1.54) is 26.3 Å². The number of benzene rings is 3. The van der Waals surface area contributed by atoms with Crippen LogP contribution in [0.3, 0.4) is 0 Å². The number of ether oxygens (including phenoxy) is 5. The molecule has 0 spiro atoms. The number of methoxy groups -OCH3 is 5. The summed E-state index contributed by atoms with van der Waals surface area (Å²) in [6.07, 6.45) is 0.370. The summed E-state index contributed by atoms with van der Waals surface area (Å²) in [5.41, 5.74) is 2.32. The molecule has 37 heavy (non-hydrogen) atoms. The van der Waals surface area contributed by atoms with Gasteiger partial charge in [0.2, 0.25) is 5.75 Å². The number of amides is 1. The Morgan fingerprint density at radius 2 is 1.41 bits per heavy atom. The molecule has 1 amide bonds. The molecule has 1 atom stereocenters. The maximum atomic E-state index is 13.9. The summed E-state index contributed by atoms with van der Waals surface area (Å²) in [5, 5.41) is 6.99. The van der Waals surface area contributed by atoms with E-state index in [4.69, 9.17) is 52.0 Å². The molecule has 194 valence electrons. The molecule has 0 bridgehead atoms. The fourth-order valence-electron chi connectivity index (χ4n) is 4.28. The van der Waals surface area contributed by atoms with Gasteiger partial charge in [-0.05, 0) is 42.5 Å². The van der Waals surface area contributed by atoms with Crippen LogP contribution < -0.4 is 23.7 Å². The smallest absolute Gasteiger partial charge is 0.274 e. The first-order valence-electron chi connectivity index (χ1n) is 11.2. The van der Waals surface area contributed by atoms with Gasteiger partial charge in [0.25, 0.3) is 5.91 Å². The quantitative estimate of drug-likeness (QED) is 0.344. The average Bonchev–Trinajstić information content (AvgIpc) is 3.36. The van der Waals surface area contributed by atoms with Crippen LogP contribution in [0.4, 0.5) is 0 Å². The minimum absolute atomic E-state index is 0.292. The fraction of sp³-hybridized carbons (Fsp3) is 0.259. The maximum absolute atomic E-state index is 13.9. The van der Waals surface area contributed by atoms with Crippen molar-refractivity contribution in [1.82, 2.24) is 5.01 Å². The van der Waals surface area contributed by atoms with Crippen LogP contribution in [0.2, 0.25) is 10.0 Å². The summed E-state index contributed by atoms with van der Waals surface area (Å²) < 4.78 is 27.1. The lowest BCUT2D eigenvalue weighted by Crippen LogP contribution is -2.27. The minimum Gasteiger partial charge on any atom is -0.493 e. The second-order valence-corrected chi connectivity index (χ2v) is 8.85. The third-order valence-electron chi connectivity index (χ3n) is 6.08. The first-order chi connectivity index (χ1) is 17.9. The zero-order valence-corrected chi connectivity index (χ0v) is 22.5. The van der Waals surface area contributed by atoms with Crippen molar-refractivity contribution in [2.75, 3.05) is 35.5 Å². The minimum atomic E-state index is -0.559. The zero-order chi connectivity index (χ0) is 26.7. The van der Waals surface area contributed by atoms with Crippen LogP contribution in [0, 0.1) is 0 Å². The molecule has 0 saturated carbocycles. The van der Waals surface area contributed by atoms with Crippen molar-refractivity contribution in [3.05, 3.63) is 75.3 Å². The summed E-state index contributed by atoms with van der Waals surface area (Å²) in [6.45, 7) is 0. The number of hydrazone groups is 1.